The van der Waals surface area contributed by atoms with Crippen molar-refractivity contribution in [3.8, 4) is 0 Å². The summed E-state index contributed by atoms with van der Waals surface area (Å²) in [4.78, 5) is 35.9. The molecule has 0 aliphatic carbocycles. The number of aromatic nitrogens is 2. The van der Waals surface area contributed by atoms with Gasteiger partial charge in [0.15, 0.2) is 5.82 Å². The minimum Gasteiger partial charge on any atom is -0.385 e. The number of likely N-dealkylation sites (tertiary alicyclic amines) is 2. The number of benzene rings is 1. The first-order chi connectivity index (χ1) is 16.2. The monoisotopic (exact) mass is 473 g/mol. The normalized spacial score (nSPS) is 18.6. The molecule has 4 rings (SSSR count). The van der Waals surface area contributed by atoms with Crippen molar-refractivity contribution in [2.24, 2.45) is 22.4 Å². The van der Waals surface area contributed by atoms with Gasteiger partial charge in [-0.05, 0) is 30.9 Å². The number of carbonyl (C=O) groups is 2. The quantitative estimate of drug-likeness (QED) is 0.490. The number of alkyl halides is 2. The summed E-state index contributed by atoms with van der Waals surface area (Å²) in [6, 6.07) is 6.55. The lowest BCUT2D eigenvalue weighted by atomic mass is 9.92. The van der Waals surface area contributed by atoms with Crippen LogP contribution >= 0.6 is 0 Å². The third kappa shape index (κ3) is 5.02. The molecule has 34 heavy (non-hydrogen) atoms. The smallest absolute Gasteiger partial charge is 0.296 e. The van der Waals surface area contributed by atoms with E-state index < -0.39 is 12.2 Å². The highest BCUT2D eigenvalue weighted by atomic mass is 19.3. The lowest BCUT2D eigenvalue weighted by Gasteiger charge is -2.38. The van der Waals surface area contributed by atoms with Crippen molar-refractivity contribution < 1.29 is 18.4 Å². The molecule has 0 radical (unpaired) electrons. The van der Waals surface area contributed by atoms with Gasteiger partial charge in [0.2, 0.25) is 11.8 Å². The third-order valence-electron chi connectivity index (χ3n) is 6.41. The summed E-state index contributed by atoms with van der Waals surface area (Å²) >= 11 is 0. The van der Waals surface area contributed by atoms with Crippen molar-refractivity contribution in [2.75, 3.05) is 26.2 Å². The van der Waals surface area contributed by atoms with Crippen molar-refractivity contribution in [3.63, 3.8) is 0 Å². The lowest BCUT2D eigenvalue weighted by molar-refractivity contribution is -0.137. The molecule has 0 unspecified atom stereocenters. The van der Waals surface area contributed by atoms with Gasteiger partial charge < -0.3 is 21.3 Å². The van der Waals surface area contributed by atoms with Crippen LogP contribution in [0.25, 0.3) is 16.9 Å². The number of halogens is 2. The number of amidine groups is 1. The number of rotatable bonds is 6. The standard InChI is InChI=1S/C23H29F2N7O2/c1-14(33)30-8-6-15(7-9-30)10-21(34)31-12-16(13-31)28-19(26)11-20(27)32-18-5-3-2-4-17(18)29-23(32)22(24)25/h2-5,11,15-16,22H,6-10,12-13,27H2,1H3,(H2,26,28)/b20-11+. The summed E-state index contributed by atoms with van der Waals surface area (Å²) in [6.07, 6.45) is 0.670. The summed E-state index contributed by atoms with van der Waals surface area (Å²) < 4.78 is 28.2. The van der Waals surface area contributed by atoms with Crippen LogP contribution in [0.5, 0.6) is 0 Å². The Kier molecular flexibility index (Phi) is 6.80. The molecule has 2 fully saturated rings. The van der Waals surface area contributed by atoms with E-state index in [2.05, 4.69) is 9.98 Å². The summed E-state index contributed by atoms with van der Waals surface area (Å²) in [6.45, 7) is 3.87. The van der Waals surface area contributed by atoms with Gasteiger partial charge in [0.25, 0.3) is 6.43 Å². The number of fused-ring (bicyclic) bond motifs is 1. The van der Waals surface area contributed by atoms with Gasteiger partial charge in [-0.15, -0.1) is 0 Å². The van der Waals surface area contributed by atoms with Crippen LogP contribution in [0, 0.1) is 5.92 Å². The van der Waals surface area contributed by atoms with E-state index in [0.717, 1.165) is 12.8 Å². The molecule has 0 atom stereocenters. The molecule has 0 saturated carbocycles. The molecule has 182 valence electrons. The number of hydrogen-bond acceptors (Lipinski definition) is 5. The van der Waals surface area contributed by atoms with E-state index in [9.17, 15) is 18.4 Å². The predicted molar refractivity (Wildman–Crippen MR) is 125 cm³/mol. The van der Waals surface area contributed by atoms with Crippen molar-refractivity contribution in [1.29, 1.82) is 0 Å². The number of aliphatic imine (C=N–C) groups is 1. The lowest BCUT2D eigenvalue weighted by Crippen LogP contribution is -2.53. The molecule has 9 nitrogen and oxygen atoms in total. The molecule has 3 heterocycles. The Morgan fingerprint density at radius 3 is 2.50 bits per heavy atom. The SMILES string of the molecule is CC(=O)N1CCC(CC(=O)N2CC(N=C(N)/C=C(\N)n3c(C(F)F)nc4ccccc43)C2)CC1. The van der Waals surface area contributed by atoms with Crippen molar-refractivity contribution >= 4 is 34.5 Å². The molecular formula is C23H29F2N7O2. The maximum Gasteiger partial charge on any atom is 0.296 e. The third-order valence-corrected chi connectivity index (χ3v) is 6.41. The molecule has 11 heteroatoms. The number of carbonyl (C=O) groups excluding carboxylic acids is 2. The van der Waals surface area contributed by atoms with Gasteiger partial charge >= 0.3 is 0 Å². The summed E-state index contributed by atoms with van der Waals surface area (Å²) in [5.41, 5.74) is 13.0. The number of hydrogen-bond donors (Lipinski definition) is 2. The van der Waals surface area contributed by atoms with E-state index in [1.54, 1.807) is 36.1 Å². The average Bonchev–Trinajstić information content (AvgIpc) is 3.16. The Balaban J connectivity index is 1.34. The first kappa shape index (κ1) is 23.7. The zero-order chi connectivity index (χ0) is 24.4. The molecule has 4 N–H and O–H groups in total. The Morgan fingerprint density at radius 2 is 1.85 bits per heavy atom. The second-order valence-electron chi connectivity index (χ2n) is 8.82. The van der Waals surface area contributed by atoms with Gasteiger partial charge in [-0.1, -0.05) is 12.1 Å². The largest absolute Gasteiger partial charge is 0.385 e. The first-order valence-electron chi connectivity index (χ1n) is 11.3. The Labute approximate surface area is 196 Å². The highest BCUT2D eigenvalue weighted by molar-refractivity contribution is 5.96. The van der Waals surface area contributed by atoms with Crippen LogP contribution in [0.2, 0.25) is 0 Å². The van der Waals surface area contributed by atoms with Crippen molar-refractivity contribution in [2.45, 2.75) is 38.7 Å². The second-order valence-corrected chi connectivity index (χ2v) is 8.82. The molecule has 2 saturated heterocycles. The fourth-order valence-corrected chi connectivity index (χ4v) is 4.50. The van der Waals surface area contributed by atoms with Crippen molar-refractivity contribution in [1.82, 2.24) is 19.4 Å². The van der Waals surface area contributed by atoms with E-state index in [-0.39, 0.29) is 35.4 Å². The molecular weight excluding hydrogens is 444 g/mol. The van der Waals surface area contributed by atoms with Crippen LogP contribution < -0.4 is 11.5 Å². The van der Waals surface area contributed by atoms with E-state index in [1.807, 2.05) is 4.90 Å². The fraction of sp³-hybridized carbons (Fsp3) is 0.478. The van der Waals surface area contributed by atoms with Crippen molar-refractivity contribution in [3.05, 3.63) is 36.2 Å². The van der Waals surface area contributed by atoms with Crippen LogP contribution in [0.1, 0.15) is 38.4 Å². The molecule has 1 aromatic heterocycles. The Morgan fingerprint density at radius 1 is 1.18 bits per heavy atom. The van der Waals surface area contributed by atoms with E-state index in [1.165, 1.54) is 10.6 Å². The van der Waals surface area contributed by atoms with Gasteiger partial charge in [0.1, 0.15) is 11.7 Å². The maximum atomic E-state index is 13.5. The Hall–Kier alpha value is -3.50. The number of imidazole rings is 1. The number of nitrogens with zero attached hydrogens (tertiary/aromatic N) is 5. The second kappa shape index (κ2) is 9.78. The molecule has 1 aromatic carbocycles. The van der Waals surface area contributed by atoms with E-state index in [4.69, 9.17) is 11.5 Å². The number of piperidine rings is 1. The highest BCUT2D eigenvalue weighted by Gasteiger charge is 2.32. The number of nitrogens with two attached hydrogens (primary N) is 2. The number of amides is 2. The average molecular weight is 474 g/mol. The summed E-state index contributed by atoms with van der Waals surface area (Å²) in [7, 11) is 0. The topological polar surface area (TPSA) is 123 Å². The molecule has 2 aliphatic heterocycles. The first-order valence-corrected chi connectivity index (χ1v) is 11.3. The van der Waals surface area contributed by atoms with E-state index in [0.29, 0.717) is 43.6 Å². The van der Waals surface area contributed by atoms with Crippen LogP contribution in [0.3, 0.4) is 0 Å². The highest BCUT2D eigenvalue weighted by Crippen LogP contribution is 2.26. The zero-order valence-corrected chi connectivity index (χ0v) is 19.0. The zero-order valence-electron chi connectivity index (χ0n) is 19.0. The van der Waals surface area contributed by atoms with Gasteiger partial charge in [0, 0.05) is 45.6 Å². The molecule has 2 amide bonds. The van der Waals surface area contributed by atoms with Crippen LogP contribution in [-0.2, 0) is 9.59 Å². The number of para-hydroxylation sites is 2. The molecule has 2 aromatic rings. The summed E-state index contributed by atoms with van der Waals surface area (Å²) in [5.74, 6) is 0.0726. The molecule has 2 aliphatic rings. The molecule has 0 spiro atoms. The maximum absolute atomic E-state index is 13.5. The van der Waals surface area contributed by atoms with Crippen LogP contribution in [0.4, 0.5) is 8.78 Å². The van der Waals surface area contributed by atoms with Gasteiger partial charge in [0.05, 0.1) is 17.1 Å². The minimum atomic E-state index is -2.81. The fourth-order valence-electron chi connectivity index (χ4n) is 4.50. The van der Waals surface area contributed by atoms with Gasteiger partial charge in [-0.3, -0.25) is 19.1 Å². The summed E-state index contributed by atoms with van der Waals surface area (Å²) in [5, 5.41) is 0. The minimum absolute atomic E-state index is 0.00518. The van der Waals surface area contributed by atoms with Gasteiger partial charge in [-0.25, -0.2) is 13.8 Å². The van der Waals surface area contributed by atoms with Crippen LogP contribution in [0.15, 0.2) is 35.3 Å². The van der Waals surface area contributed by atoms with E-state index >= 15 is 0 Å². The van der Waals surface area contributed by atoms with Crippen LogP contribution in [-0.4, -0.2) is 69.2 Å². The molecule has 0 bridgehead atoms. The Bertz CT molecular complexity index is 1130. The predicted octanol–water partition coefficient (Wildman–Crippen LogP) is 1.95. The van der Waals surface area contributed by atoms with Gasteiger partial charge in [-0.2, -0.15) is 0 Å².